The molecular weight excluding hydrogens is 284 g/mol. The number of aliphatic hydroxyl groups excluding tert-OH is 1. The molecule has 1 aromatic rings. The molecule has 0 aromatic heterocycles. The molecule has 1 aromatic carbocycles. The number of halogens is 1. The van der Waals surface area contributed by atoms with Crippen molar-refractivity contribution in [1.82, 2.24) is 0 Å². The molecule has 0 saturated heterocycles. The summed E-state index contributed by atoms with van der Waals surface area (Å²) in [6.07, 6.45) is -1.36. The van der Waals surface area contributed by atoms with Crippen LogP contribution in [0.3, 0.4) is 0 Å². The summed E-state index contributed by atoms with van der Waals surface area (Å²) in [5.41, 5.74) is 0.954. The van der Waals surface area contributed by atoms with Crippen molar-refractivity contribution in [2.75, 3.05) is 5.33 Å². The van der Waals surface area contributed by atoms with Crippen molar-refractivity contribution in [3.05, 3.63) is 29.8 Å². The minimum Gasteiger partial charge on any atom is -0.366 e. The quantitative estimate of drug-likeness (QED) is 0.518. The lowest BCUT2D eigenvalue weighted by atomic mass is 10.2. The number of aliphatic hydroxyl groups is 1. The monoisotopic (exact) mass is 294 g/mol. The zero-order chi connectivity index (χ0) is 11.5. The molecule has 1 N–H and O–H groups in total. The van der Waals surface area contributed by atoms with Crippen LogP contribution in [-0.2, 0) is 14.3 Å². The molecule has 0 spiro atoms. The van der Waals surface area contributed by atoms with Crippen molar-refractivity contribution in [2.45, 2.75) is 18.1 Å². The predicted octanol–water partition coefficient (Wildman–Crippen LogP) is 1.41. The second-order valence-corrected chi connectivity index (χ2v) is 5.19. The van der Waals surface area contributed by atoms with Gasteiger partial charge >= 0.3 is 0 Å². The van der Waals surface area contributed by atoms with Crippen molar-refractivity contribution >= 4 is 26.0 Å². The van der Waals surface area contributed by atoms with Crippen LogP contribution in [0, 0.1) is 6.92 Å². The Morgan fingerprint density at radius 1 is 1.40 bits per heavy atom. The van der Waals surface area contributed by atoms with Gasteiger partial charge in [0.1, 0.15) is 0 Å². The van der Waals surface area contributed by atoms with Gasteiger partial charge in [0.15, 0.2) is 6.29 Å². The molecule has 0 aliphatic carbocycles. The summed E-state index contributed by atoms with van der Waals surface area (Å²) in [5.74, 6) is 0. The summed E-state index contributed by atoms with van der Waals surface area (Å²) in [6.45, 7) is 1.85. The average Bonchev–Trinajstić information content (AvgIpc) is 2.17. The first-order valence-electron chi connectivity index (χ1n) is 4.19. The largest absolute Gasteiger partial charge is 0.366 e. The van der Waals surface area contributed by atoms with Gasteiger partial charge in [0, 0.05) is 0 Å². The van der Waals surface area contributed by atoms with Crippen LogP contribution in [0.25, 0.3) is 0 Å². The first-order valence-corrected chi connectivity index (χ1v) is 6.72. The third-order valence-electron chi connectivity index (χ3n) is 1.68. The van der Waals surface area contributed by atoms with Gasteiger partial charge in [0.2, 0.25) is 0 Å². The number of rotatable bonds is 4. The molecule has 0 aliphatic rings. The average molecular weight is 295 g/mol. The van der Waals surface area contributed by atoms with E-state index in [1.54, 1.807) is 12.1 Å². The zero-order valence-electron chi connectivity index (χ0n) is 8.05. The molecule has 0 amide bonds. The van der Waals surface area contributed by atoms with Gasteiger partial charge in [-0.25, -0.2) is 4.18 Å². The van der Waals surface area contributed by atoms with E-state index in [0.717, 1.165) is 5.56 Å². The van der Waals surface area contributed by atoms with Crippen LogP contribution >= 0.6 is 15.9 Å². The zero-order valence-corrected chi connectivity index (χ0v) is 10.5. The second kappa shape index (κ2) is 5.07. The Kier molecular flexibility index (Phi) is 4.27. The molecule has 1 atom stereocenters. The normalized spacial score (nSPS) is 13.8. The molecule has 0 heterocycles. The molecule has 0 unspecified atom stereocenters. The van der Waals surface area contributed by atoms with Crippen LogP contribution in [0.5, 0.6) is 0 Å². The molecule has 84 valence electrons. The fourth-order valence-corrected chi connectivity index (χ4v) is 2.18. The first-order chi connectivity index (χ1) is 6.95. The predicted molar refractivity (Wildman–Crippen MR) is 59.3 cm³/mol. The number of aryl methyl sites for hydroxylation is 1. The minimum absolute atomic E-state index is 0.0353. The third-order valence-corrected chi connectivity index (χ3v) is 3.56. The number of hydrogen-bond acceptors (Lipinski definition) is 4. The van der Waals surface area contributed by atoms with E-state index in [1.165, 1.54) is 12.1 Å². The van der Waals surface area contributed by atoms with Crippen molar-refractivity contribution in [3.63, 3.8) is 0 Å². The Hall–Kier alpha value is -0.430. The number of hydrogen-bond donors (Lipinski definition) is 1. The Labute approximate surface area is 97.1 Å². The molecule has 15 heavy (non-hydrogen) atoms. The molecule has 0 fully saturated rings. The van der Waals surface area contributed by atoms with Crippen LogP contribution in [0.2, 0.25) is 0 Å². The number of alkyl halides is 1. The lowest BCUT2D eigenvalue weighted by Gasteiger charge is -2.09. The molecule has 0 bridgehead atoms. The fraction of sp³-hybridized carbons (Fsp3) is 0.333. The lowest BCUT2D eigenvalue weighted by Crippen LogP contribution is -2.19. The Morgan fingerprint density at radius 2 is 1.93 bits per heavy atom. The van der Waals surface area contributed by atoms with Gasteiger partial charge in [0.05, 0.1) is 10.2 Å². The van der Waals surface area contributed by atoms with Crippen molar-refractivity contribution < 1.29 is 17.7 Å². The first kappa shape index (κ1) is 12.6. The maximum absolute atomic E-state index is 11.5. The molecule has 0 saturated carbocycles. The van der Waals surface area contributed by atoms with Gasteiger partial charge in [-0.15, -0.1) is 0 Å². The lowest BCUT2D eigenvalue weighted by molar-refractivity contribution is 0.0106. The van der Waals surface area contributed by atoms with E-state index in [9.17, 15) is 8.42 Å². The highest BCUT2D eigenvalue weighted by Gasteiger charge is 2.18. The van der Waals surface area contributed by atoms with Gasteiger partial charge < -0.3 is 5.11 Å². The smallest absolute Gasteiger partial charge is 0.299 e. The standard InChI is InChI=1S/C9H11BrO4S/c1-7-2-4-8(5-3-7)15(12,13)14-9(11)6-10/h2-5,9,11H,6H2,1H3/t9-/m1/s1. The molecule has 1 rings (SSSR count). The van der Waals surface area contributed by atoms with E-state index in [4.69, 9.17) is 5.11 Å². The Balaban J connectivity index is 2.91. The Bertz CT molecular complexity index is 412. The molecular formula is C9H11BrO4S. The van der Waals surface area contributed by atoms with Gasteiger partial charge in [-0.2, -0.15) is 8.42 Å². The molecule has 6 heteroatoms. The maximum Gasteiger partial charge on any atom is 0.299 e. The molecule has 4 nitrogen and oxygen atoms in total. The van der Waals surface area contributed by atoms with Gasteiger partial charge in [-0.1, -0.05) is 33.6 Å². The summed E-state index contributed by atoms with van der Waals surface area (Å²) in [6, 6.07) is 6.20. The van der Waals surface area contributed by atoms with Crippen LogP contribution in [0.1, 0.15) is 5.56 Å². The van der Waals surface area contributed by atoms with Crippen molar-refractivity contribution in [2.24, 2.45) is 0 Å². The van der Waals surface area contributed by atoms with Crippen molar-refractivity contribution in [1.29, 1.82) is 0 Å². The summed E-state index contributed by atoms with van der Waals surface area (Å²) in [5, 5.41) is 9.10. The fourth-order valence-electron chi connectivity index (χ4n) is 0.932. The summed E-state index contributed by atoms with van der Waals surface area (Å²) >= 11 is 2.91. The third kappa shape index (κ3) is 3.57. The molecule has 0 aliphatic heterocycles. The van der Waals surface area contributed by atoms with Crippen LogP contribution in [0.15, 0.2) is 29.2 Å². The van der Waals surface area contributed by atoms with E-state index in [2.05, 4.69) is 20.1 Å². The topological polar surface area (TPSA) is 63.6 Å². The van der Waals surface area contributed by atoms with E-state index in [1.807, 2.05) is 6.92 Å². The summed E-state index contributed by atoms with van der Waals surface area (Å²) in [7, 11) is -3.87. The van der Waals surface area contributed by atoms with Gasteiger partial charge in [0.25, 0.3) is 10.1 Å². The SMILES string of the molecule is Cc1ccc(S(=O)(=O)O[C@@H](O)CBr)cc1. The van der Waals surface area contributed by atoms with Crippen LogP contribution in [-0.4, -0.2) is 25.1 Å². The van der Waals surface area contributed by atoms with E-state index >= 15 is 0 Å². The van der Waals surface area contributed by atoms with E-state index in [0.29, 0.717) is 0 Å². The van der Waals surface area contributed by atoms with E-state index in [-0.39, 0.29) is 10.2 Å². The maximum atomic E-state index is 11.5. The Morgan fingerprint density at radius 3 is 2.40 bits per heavy atom. The number of benzene rings is 1. The second-order valence-electron chi connectivity index (χ2n) is 2.97. The van der Waals surface area contributed by atoms with Crippen LogP contribution < -0.4 is 0 Å². The molecule has 0 radical (unpaired) electrons. The highest BCUT2D eigenvalue weighted by molar-refractivity contribution is 9.09. The van der Waals surface area contributed by atoms with Crippen molar-refractivity contribution in [3.8, 4) is 0 Å². The van der Waals surface area contributed by atoms with Gasteiger partial charge in [-0.3, -0.25) is 0 Å². The minimum atomic E-state index is -3.87. The van der Waals surface area contributed by atoms with Crippen LogP contribution in [0.4, 0.5) is 0 Å². The highest BCUT2D eigenvalue weighted by Crippen LogP contribution is 2.14. The highest BCUT2D eigenvalue weighted by atomic mass is 79.9. The summed E-state index contributed by atoms with van der Waals surface area (Å²) in [4.78, 5) is 0.0353. The van der Waals surface area contributed by atoms with Gasteiger partial charge in [-0.05, 0) is 19.1 Å². The van der Waals surface area contributed by atoms with E-state index < -0.39 is 16.4 Å². The summed E-state index contributed by atoms with van der Waals surface area (Å²) < 4.78 is 27.5.